The largest absolute Gasteiger partial charge is 0.394 e. The first-order valence-corrected chi connectivity index (χ1v) is 6.42. The Morgan fingerprint density at radius 1 is 1.47 bits per heavy atom. The maximum atomic E-state index is 9.64. The average molecular weight is 238 g/mol. The molecule has 1 fully saturated rings. The second-order valence-corrected chi connectivity index (χ2v) is 4.50. The molecule has 1 aromatic rings. The second-order valence-electron chi connectivity index (χ2n) is 4.50. The predicted molar refractivity (Wildman–Crippen MR) is 66.8 cm³/mol. The van der Waals surface area contributed by atoms with E-state index in [0.717, 1.165) is 44.8 Å². The Morgan fingerprint density at radius 3 is 2.88 bits per heavy atom. The number of nitrogens with one attached hydrogen (secondary N) is 1. The zero-order chi connectivity index (χ0) is 12.1. The highest BCUT2D eigenvalue weighted by molar-refractivity contribution is 5.06. The highest BCUT2D eigenvalue weighted by Gasteiger charge is 2.23. The minimum Gasteiger partial charge on any atom is -0.394 e. The molecule has 1 aliphatic rings. The lowest BCUT2D eigenvalue weighted by Crippen LogP contribution is -2.46. The maximum Gasteiger partial charge on any atom is 0.0948 e. The van der Waals surface area contributed by atoms with Gasteiger partial charge in [0.15, 0.2) is 0 Å². The van der Waals surface area contributed by atoms with Crippen molar-refractivity contribution in [3.63, 3.8) is 0 Å². The molecule has 5 nitrogen and oxygen atoms in total. The van der Waals surface area contributed by atoms with Gasteiger partial charge in [-0.1, -0.05) is 6.92 Å². The predicted octanol–water partition coefficient (Wildman–Crippen LogP) is 0.232. The van der Waals surface area contributed by atoms with Crippen molar-refractivity contribution in [2.45, 2.75) is 25.9 Å². The van der Waals surface area contributed by atoms with Gasteiger partial charge in [0.05, 0.1) is 24.7 Å². The summed E-state index contributed by atoms with van der Waals surface area (Å²) in [5.41, 5.74) is 1.14. The van der Waals surface area contributed by atoms with E-state index in [1.165, 1.54) is 0 Å². The number of nitrogens with zero attached hydrogens (tertiary/aromatic N) is 3. The van der Waals surface area contributed by atoms with Crippen LogP contribution in [0.15, 0.2) is 12.5 Å². The van der Waals surface area contributed by atoms with E-state index in [-0.39, 0.29) is 12.6 Å². The Morgan fingerprint density at radius 2 is 2.24 bits per heavy atom. The van der Waals surface area contributed by atoms with E-state index >= 15 is 0 Å². The molecule has 2 N–H and O–H groups in total. The SMILES string of the molecule is CCCn1cncc1C(CO)N1CCNCC1. The summed E-state index contributed by atoms with van der Waals surface area (Å²) in [4.78, 5) is 6.55. The Labute approximate surface area is 102 Å². The number of hydrogen-bond acceptors (Lipinski definition) is 4. The van der Waals surface area contributed by atoms with Crippen LogP contribution >= 0.6 is 0 Å². The molecule has 0 bridgehead atoms. The van der Waals surface area contributed by atoms with Crippen molar-refractivity contribution in [2.75, 3.05) is 32.8 Å². The number of imidazole rings is 1. The smallest absolute Gasteiger partial charge is 0.0948 e. The summed E-state index contributed by atoms with van der Waals surface area (Å²) in [6, 6.07) is 0.0890. The lowest BCUT2D eigenvalue weighted by atomic mass is 10.1. The molecular weight excluding hydrogens is 216 g/mol. The molecule has 1 unspecified atom stereocenters. The number of aromatic nitrogens is 2. The van der Waals surface area contributed by atoms with Crippen LogP contribution in [-0.2, 0) is 6.54 Å². The first kappa shape index (κ1) is 12.5. The maximum absolute atomic E-state index is 9.64. The highest BCUT2D eigenvalue weighted by Crippen LogP contribution is 2.20. The monoisotopic (exact) mass is 238 g/mol. The van der Waals surface area contributed by atoms with Crippen molar-refractivity contribution in [2.24, 2.45) is 0 Å². The number of rotatable bonds is 5. The number of aliphatic hydroxyl groups is 1. The third-order valence-electron chi connectivity index (χ3n) is 3.32. The summed E-state index contributed by atoms with van der Waals surface area (Å²) in [5, 5.41) is 13.0. The van der Waals surface area contributed by atoms with Crippen LogP contribution in [0.3, 0.4) is 0 Å². The molecule has 1 saturated heterocycles. The molecule has 96 valence electrons. The van der Waals surface area contributed by atoms with E-state index in [0.29, 0.717) is 0 Å². The van der Waals surface area contributed by atoms with Crippen LogP contribution in [0.2, 0.25) is 0 Å². The minimum atomic E-state index is 0.0890. The van der Waals surface area contributed by atoms with Gasteiger partial charge in [0, 0.05) is 38.9 Å². The zero-order valence-corrected chi connectivity index (χ0v) is 10.5. The molecular formula is C12H22N4O. The number of aliphatic hydroxyl groups excluding tert-OH is 1. The summed E-state index contributed by atoms with van der Waals surface area (Å²) in [5.74, 6) is 0. The Kier molecular flexibility index (Phi) is 4.53. The quantitative estimate of drug-likeness (QED) is 0.771. The zero-order valence-electron chi connectivity index (χ0n) is 10.5. The number of piperazine rings is 1. The molecule has 0 aliphatic carbocycles. The van der Waals surface area contributed by atoms with Crippen LogP contribution in [0.4, 0.5) is 0 Å². The molecule has 2 heterocycles. The first-order chi connectivity index (χ1) is 8.36. The van der Waals surface area contributed by atoms with E-state index in [1.54, 1.807) is 0 Å². The van der Waals surface area contributed by atoms with Crippen molar-refractivity contribution in [3.8, 4) is 0 Å². The lowest BCUT2D eigenvalue weighted by molar-refractivity contribution is 0.105. The fraction of sp³-hybridized carbons (Fsp3) is 0.750. The number of aryl methyl sites for hydroxylation is 1. The van der Waals surface area contributed by atoms with Crippen LogP contribution in [-0.4, -0.2) is 52.3 Å². The molecule has 0 saturated carbocycles. The van der Waals surface area contributed by atoms with Crippen LogP contribution in [0.5, 0.6) is 0 Å². The summed E-state index contributed by atoms with van der Waals surface area (Å²) in [6.45, 7) is 7.26. The van der Waals surface area contributed by atoms with Crippen molar-refractivity contribution in [3.05, 3.63) is 18.2 Å². The fourth-order valence-electron chi connectivity index (χ4n) is 2.43. The van der Waals surface area contributed by atoms with Crippen LogP contribution in [0.25, 0.3) is 0 Å². The third-order valence-corrected chi connectivity index (χ3v) is 3.32. The van der Waals surface area contributed by atoms with Gasteiger partial charge in [-0.3, -0.25) is 4.90 Å². The normalized spacial score (nSPS) is 19.4. The first-order valence-electron chi connectivity index (χ1n) is 6.42. The van der Waals surface area contributed by atoms with E-state index in [9.17, 15) is 5.11 Å². The second kappa shape index (κ2) is 6.14. The van der Waals surface area contributed by atoms with Gasteiger partial charge in [-0.2, -0.15) is 0 Å². The molecule has 0 aromatic carbocycles. The van der Waals surface area contributed by atoms with Gasteiger partial charge < -0.3 is 15.0 Å². The van der Waals surface area contributed by atoms with Gasteiger partial charge in [0.2, 0.25) is 0 Å². The molecule has 0 radical (unpaired) electrons. The molecule has 1 aromatic heterocycles. The van der Waals surface area contributed by atoms with Crippen molar-refractivity contribution < 1.29 is 5.11 Å². The van der Waals surface area contributed by atoms with Gasteiger partial charge in [0.25, 0.3) is 0 Å². The summed E-state index contributed by atoms with van der Waals surface area (Å²) in [7, 11) is 0. The van der Waals surface area contributed by atoms with Crippen molar-refractivity contribution in [1.82, 2.24) is 19.8 Å². The van der Waals surface area contributed by atoms with E-state index in [4.69, 9.17) is 0 Å². The van der Waals surface area contributed by atoms with Crippen molar-refractivity contribution >= 4 is 0 Å². The lowest BCUT2D eigenvalue weighted by Gasteiger charge is -2.34. The average Bonchev–Trinajstić information content (AvgIpc) is 2.81. The van der Waals surface area contributed by atoms with E-state index in [1.807, 2.05) is 12.5 Å². The van der Waals surface area contributed by atoms with E-state index < -0.39 is 0 Å². The summed E-state index contributed by atoms with van der Waals surface area (Å²) < 4.78 is 2.16. The summed E-state index contributed by atoms with van der Waals surface area (Å²) in [6.07, 6.45) is 4.84. The Bertz CT molecular complexity index is 333. The van der Waals surface area contributed by atoms with Gasteiger partial charge >= 0.3 is 0 Å². The standard InChI is InChI=1S/C12H22N4O/c1-2-5-16-10-14-8-11(16)12(9-17)15-6-3-13-4-7-15/h8,10,12-13,17H,2-7,9H2,1H3. The molecule has 0 amide bonds. The Hall–Kier alpha value is -0.910. The van der Waals surface area contributed by atoms with Crippen LogP contribution in [0.1, 0.15) is 25.1 Å². The molecule has 1 aliphatic heterocycles. The van der Waals surface area contributed by atoms with Crippen molar-refractivity contribution in [1.29, 1.82) is 0 Å². The molecule has 1 atom stereocenters. The topological polar surface area (TPSA) is 53.3 Å². The summed E-state index contributed by atoms with van der Waals surface area (Å²) >= 11 is 0. The van der Waals surface area contributed by atoms with E-state index in [2.05, 4.69) is 26.7 Å². The van der Waals surface area contributed by atoms with Gasteiger partial charge in [-0.05, 0) is 6.42 Å². The van der Waals surface area contributed by atoms with Gasteiger partial charge in [-0.15, -0.1) is 0 Å². The molecule has 2 rings (SSSR count). The van der Waals surface area contributed by atoms with Crippen LogP contribution < -0.4 is 5.32 Å². The molecule has 0 spiro atoms. The molecule has 5 heteroatoms. The third kappa shape index (κ3) is 2.86. The Balaban J connectivity index is 2.12. The molecule has 17 heavy (non-hydrogen) atoms. The van der Waals surface area contributed by atoms with Crippen LogP contribution in [0, 0.1) is 0 Å². The van der Waals surface area contributed by atoms with Gasteiger partial charge in [0.1, 0.15) is 0 Å². The minimum absolute atomic E-state index is 0.0890. The highest BCUT2D eigenvalue weighted by atomic mass is 16.3. The fourth-order valence-corrected chi connectivity index (χ4v) is 2.43. The number of hydrogen-bond donors (Lipinski definition) is 2. The van der Waals surface area contributed by atoms with Gasteiger partial charge in [-0.25, -0.2) is 4.98 Å².